The van der Waals surface area contributed by atoms with Gasteiger partial charge in [0, 0.05) is 6.42 Å². The van der Waals surface area contributed by atoms with Crippen LogP contribution in [0.15, 0.2) is 12.2 Å². The van der Waals surface area contributed by atoms with E-state index in [-0.39, 0.29) is 0 Å². The van der Waals surface area contributed by atoms with Gasteiger partial charge in [0.15, 0.2) is 0 Å². The summed E-state index contributed by atoms with van der Waals surface area (Å²) < 4.78 is 0. The van der Waals surface area contributed by atoms with Gasteiger partial charge in [-0.2, -0.15) is 0 Å². The van der Waals surface area contributed by atoms with Gasteiger partial charge in [0.2, 0.25) is 0 Å². The van der Waals surface area contributed by atoms with Crippen molar-refractivity contribution in [1.29, 1.82) is 0 Å². The normalized spacial score (nSPS) is 19.6. The molecule has 0 aromatic heterocycles. The van der Waals surface area contributed by atoms with E-state index in [1.165, 1.54) is 0 Å². The number of carbonyl (C=O) groups excluding carboxylic acids is 1. The fraction of sp³-hybridized carbons (Fsp3) is 0.667. The van der Waals surface area contributed by atoms with Gasteiger partial charge in [-0.3, -0.25) is 0 Å². The Bertz CT molecular complexity index is 148. The van der Waals surface area contributed by atoms with Crippen molar-refractivity contribution in [3.63, 3.8) is 0 Å². The quantitative estimate of drug-likeness (QED) is 0.486. The first kappa shape index (κ1) is 8.47. The maximum absolute atomic E-state index is 10.2. The summed E-state index contributed by atoms with van der Waals surface area (Å²) in [5, 5.41) is 3.28. The van der Waals surface area contributed by atoms with Crippen LogP contribution in [0.2, 0.25) is 0 Å². The Labute approximate surface area is 67.7 Å². The number of nitrogens with one attached hydrogen (secondary N) is 1. The van der Waals surface area contributed by atoms with Crippen LogP contribution in [0.4, 0.5) is 0 Å². The summed E-state index contributed by atoms with van der Waals surface area (Å²) >= 11 is 0. The molecule has 1 aliphatic rings. The molecule has 0 aromatic carbocycles. The Morgan fingerprint density at radius 2 is 2.18 bits per heavy atom. The topological polar surface area (TPSA) is 29.1 Å². The summed E-state index contributed by atoms with van der Waals surface area (Å²) in [6.07, 6.45) is 3.79. The van der Waals surface area contributed by atoms with Crippen LogP contribution in [-0.4, -0.2) is 19.4 Å². The number of aldehydes is 1. The summed E-state index contributed by atoms with van der Waals surface area (Å²) in [6, 6.07) is 0. The van der Waals surface area contributed by atoms with E-state index in [0.717, 1.165) is 37.8 Å². The van der Waals surface area contributed by atoms with Gasteiger partial charge >= 0.3 is 0 Å². The molecule has 0 atom stereocenters. The van der Waals surface area contributed by atoms with Crippen molar-refractivity contribution in [1.82, 2.24) is 5.32 Å². The Hall–Kier alpha value is -0.630. The van der Waals surface area contributed by atoms with E-state index in [1.54, 1.807) is 0 Å². The van der Waals surface area contributed by atoms with Gasteiger partial charge in [-0.15, -0.1) is 0 Å². The number of piperidine rings is 1. The highest BCUT2D eigenvalue weighted by molar-refractivity contribution is 5.54. The van der Waals surface area contributed by atoms with Gasteiger partial charge in [-0.25, -0.2) is 0 Å². The minimum absolute atomic E-state index is 0.546. The molecule has 11 heavy (non-hydrogen) atoms. The summed E-state index contributed by atoms with van der Waals surface area (Å²) in [4.78, 5) is 10.2. The van der Waals surface area contributed by atoms with Crippen LogP contribution in [-0.2, 0) is 4.79 Å². The van der Waals surface area contributed by atoms with E-state index in [9.17, 15) is 4.79 Å². The van der Waals surface area contributed by atoms with Crippen LogP contribution >= 0.6 is 0 Å². The third-order valence-electron chi connectivity index (χ3n) is 2.26. The zero-order chi connectivity index (χ0) is 8.10. The minimum atomic E-state index is 0.546. The lowest BCUT2D eigenvalue weighted by Crippen LogP contribution is -2.28. The molecule has 0 unspecified atom stereocenters. The summed E-state index contributed by atoms with van der Waals surface area (Å²) in [5.74, 6) is 0.585. The molecule has 0 bridgehead atoms. The van der Waals surface area contributed by atoms with E-state index in [2.05, 4.69) is 11.9 Å². The van der Waals surface area contributed by atoms with Gasteiger partial charge in [-0.05, 0) is 31.8 Å². The van der Waals surface area contributed by atoms with E-state index in [0.29, 0.717) is 12.3 Å². The van der Waals surface area contributed by atoms with Crippen LogP contribution in [0.1, 0.15) is 19.3 Å². The third kappa shape index (κ3) is 2.46. The molecule has 0 aliphatic carbocycles. The molecule has 1 saturated heterocycles. The molecule has 0 amide bonds. The maximum Gasteiger partial charge on any atom is 0.124 e. The summed E-state index contributed by atoms with van der Waals surface area (Å²) in [6.45, 7) is 6.05. The van der Waals surface area contributed by atoms with Crippen molar-refractivity contribution in [2.45, 2.75) is 19.3 Å². The lowest BCUT2D eigenvalue weighted by Gasteiger charge is -2.23. The Morgan fingerprint density at radius 1 is 1.55 bits per heavy atom. The van der Waals surface area contributed by atoms with E-state index in [4.69, 9.17) is 0 Å². The van der Waals surface area contributed by atoms with Gasteiger partial charge < -0.3 is 10.1 Å². The number of allylic oxidation sites excluding steroid dienone is 1. The first-order valence-corrected chi connectivity index (χ1v) is 4.16. The van der Waals surface area contributed by atoms with Gasteiger partial charge in [0.05, 0.1) is 0 Å². The molecule has 0 spiro atoms. The fourth-order valence-corrected chi connectivity index (χ4v) is 1.50. The van der Waals surface area contributed by atoms with E-state index in [1.807, 2.05) is 0 Å². The highest BCUT2D eigenvalue weighted by Gasteiger charge is 2.14. The zero-order valence-electron chi connectivity index (χ0n) is 6.81. The second-order valence-electron chi connectivity index (χ2n) is 3.05. The average molecular weight is 153 g/mol. The largest absolute Gasteiger partial charge is 0.317 e. The van der Waals surface area contributed by atoms with Gasteiger partial charge in [0.1, 0.15) is 6.29 Å². The number of carbonyl (C=O) groups is 1. The van der Waals surface area contributed by atoms with Crippen LogP contribution in [0.25, 0.3) is 0 Å². The molecule has 1 fully saturated rings. The van der Waals surface area contributed by atoms with Crippen LogP contribution in [0.3, 0.4) is 0 Å². The summed E-state index contributed by atoms with van der Waals surface area (Å²) in [5.41, 5.74) is 1.11. The Kier molecular flexibility index (Phi) is 3.30. The SMILES string of the molecule is C=C(CC=O)C1CCNCC1. The predicted molar refractivity (Wildman–Crippen MR) is 45.4 cm³/mol. The molecule has 1 aliphatic heterocycles. The lowest BCUT2D eigenvalue weighted by molar-refractivity contribution is -0.107. The standard InChI is InChI=1S/C9H15NO/c1-8(4-7-11)9-2-5-10-6-3-9/h7,9-10H,1-6H2. The van der Waals surface area contributed by atoms with Crippen molar-refractivity contribution in [2.75, 3.05) is 13.1 Å². The van der Waals surface area contributed by atoms with Crippen LogP contribution in [0, 0.1) is 5.92 Å². The number of hydrogen-bond acceptors (Lipinski definition) is 2. The van der Waals surface area contributed by atoms with E-state index < -0.39 is 0 Å². The molecular formula is C9H15NO. The van der Waals surface area contributed by atoms with Crippen molar-refractivity contribution in [3.8, 4) is 0 Å². The molecule has 0 saturated carbocycles. The van der Waals surface area contributed by atoms with Crippen molar-refractivity contribution < 1.29 is 4.79 Å². The predicted octanol–water partition coefficient (Wildman–Crippen LogP) is 1.13. The van der Waals surface area contributed by atoms with Gasteiger partial charge in [0.25, 0.3) is 0 Å². The van der Waals surface area contributed by atoms with Crippen LogP contribution in [0.5, 0.6) is 0 Å². The van der Waals surface area contributed by atoms with Crippen molar-refractivity contribution in [3.05, 3.63) is 12.2 Å². The molecule has 1 N–H and O–H groups in total. The molecule has 1 heterocycles. The monoisotopic (exact) mass is 153 g/mol. The molecular weight excluding hydrogens is 138 g/mol. The third-order valence-corrected chi connectivity index (χ3v) is 2.26. The first-order chi connectivity index (χ1) is 5.34. The lowest BCUT2D eigenvalue weighted by atomic mass is 9.89. The smallest absolute Gasteiger partial charge is 0.124 e. The maximum atomic E-state index is 10.2. The second kappa shape index (κ2) is 4.29. The van der Waals surface area contributed by atoms with Gasteiger partial charge in [-0.1, -0.05) is 12.2 Å². The highest BCUT2D eigenvalue weighted by Crippen LogP contribution is 2.21. The molecule has 2 heteroatoms. The first-order valence-electron chi connectivity index (χ1n) is 4.16. The molecule has 0 radical (unpaired) electrons. The highest BCUT2D eigenvalue weighted by atomic mass is 16.1. The number of hydrogen-bond donors (Lipinski definition) is 1. The average Bonchev–Trinajstić information content (AvgIpc) is 2.07. The Morgan fingerprint density at radius 3 is 2.73 bits per heavy atom. The van der Waals surface area contributed by atoms with E-state index >= 15 is 0 Å². The van der Waals surface area contributed by atoms with Crippen LogP contribution < -0.4 is 5.32 Å². The molecule has 0 aromatic rings. The van der Waals surface area contributed by atoms with Crippen molar-refractivity contribution in [2.24, 2.45) is 5.92 Å². The molecule has 2 nitrogen and oxygen atoms in total. The molecule has 1 rings (SSSR count). The zero-order valence-corrected chi connectivity index (χ0v) is 6.81. The van der Waals surface area contributed by atoms with Crippen molar-refractivity contribution >= 4 is 6.29 Å². The minimum Gasteiger partial charge on any atom is -0.317 e. The second-order valence-corrected chi connectivity index (χ2v) is 3.05. The number of rotatable bonds is 3. The Balaban J connectivity index is 2.32. The summed E-state index contributed by atoms with van der Waals surface area (Å²) in [7, 11) is 0. The molecule has 62 valence electrons. The fourth-order valence-electron chi connectivity index (χ4n) is 1.50.